The van der Waals surface area contributed by atoms with E-state index in [9.17, 15) is 9.59 Å². The van der Waals surface area contributed by atoms with Gasteiger partial charge in [0.25, 0.3) is 5.91 Å². The summed E-state index contributed by atoms with van der Waals surface area (Å²) in [5.74, 6) is 0.0547. The Hall–Kier alpha value is -4.71. The zero-order chi connectivity index (χ0) is 32.7. The number of amides is 2. The van der Waals surface area contributed by atoms with E-state index in [0.717, 1.165) is 35.5 Å². The van der Waals surface area contributed by atoms with Gasteiger partial charge in [0.05, 0.1) is 25.4 Å². The molecule has 0 radical (unpaired) electrons. The molecule has 246 valence electrons. The van der Waals surface area contributed by atoms with Crippen molar-refractivity contribution in [1.82, 2.24) is 34.7 Å². The number of halogens is 1. The van der Waals surface area contributed by atoms with Crippen molar-refractivity contribution < 1.29 is 18.7 Å². The minimum absolute atomic E-state index is 0.0247. The lowest BCUT2D eigenvalue weighted by Crippen LogP contribution is -2.49. The van der Waals surface area contributed by atoms with E-state index in [4.69, 9.17) is 4.74 Å². The summed E-state index contributed by atoms with van der Waals surface area (Å²) in [4.78, 5) is 38.2. The number of nitrogens with one attached hydrogen (secondary N) is 1. The number of ether oxygens (including phenoxy) is 1. The molecule has 2 aliphatic heterocycles. The maximum Gasteiger partial charge on any atom is 0.270 e. The molecule has 12 heteroatoms. The SMILES string of the molecule is COc1cc(N(C)C)ccc1-c1cc(C2=CCCN(C(=O)CCn3ccnn3)C2)c(F)c2[nH]c(C(=O)N3CCN(C4CC4)CC3)cc12. The van der Waals surface area contributed by atoms with Gasteiger partial charge < -0.3 is 24.4 Å². The number of piperazine rings is 1. The van der Waals surface area contributed by atoms with E-state index in [1.165, 1.54) is 12.8 Å². The van der Waals surface area contributed by atoms with Gasteiger partial charge in [-0.25, -0.2) is 4.39 Å². The summed E-state index contributed by atoms with van der Waals surface area (Å²) in [6.07, 6.45) is 8.69. The Labute approximate surface area is 273 Å². The number of H-pyrrole nitrogens is 1. The first-order chi connectivity index (χ1) is 22.8. The van der Waals surface area contributed by atoms with Crippen molar-refractivity contribution in [2.75, 3.05) is 65.4 Å². The van der Waals surface area contributed by atoms with Crippen molar-refractivity contribution in [2.45, 2.75) is 38.3 Å². The minimum atomic E-state index is -0.437. The number of hydrogen-bond donors (Lipinski definition) is 1. The van der Waals surface area contributed by atoms with E-state index in [2.05, 4.69) is 20.2 Å². The van der Waals surface area contributed by atoms with Gasteiger partial charge in [-0.3, -0.25) is 19.2 Å². The van der Waals surface area contributed by atoms with Crippen molar-refractivity contribution in [3.63, 3.8) is 0 Å². The monoisotopic (exact) mass is 640 g/mol. The number of hydrogen-bond acceptors (Lipinski definition) is 7. The Bertz CT molecular complexity index is 1820. The summed E-state index contributed by atoms with van der Waals surface area (Å²) >= 11 is 0. The number of fused-ring (bicyclic) bond motifs is 1. The van der Waals surface area contributed by atoms with Gasteiger partial charge in [0.2, 0.25) is 5.91 Å². The third-order valence-electron chi connectivity index (χ3n) is 9.62. The molecule has 2 amide bonds. The van der Waals surface area contributed by atoms with E-state index in [-0.39, 0.29) is 30.3 Å². The van der Waals surface area contributed by atoms with Crippen LogP contribution in [0.3, 0.4) is 0 Å². The largest absolute Gasteiger partial charge is 0.496 e. The van der Waals surface area contributed by atoms with Crippen LogP contribution in [0, 0.1) is 5.82 Å². The molecule has 4 heterocycles. The molecule has 1 aliphatic carbocycles. The first-order valence-corrected chi connectivity index (χ1v) is 16.4. The van der Waals surface area contributed by atoms with Crippen LogP contribution in [-0.4, -0.2) is 113 Å². The fourth-order valence-corrected chi connectivity index (χ4v) is 6.78. The predicted octanol–water partition coefficient (Wildman–Crippen LogP) is 4.27. The highest BCUT2D eigenvalue weighted by Gasteiger charge is 2.33. The van der Waals surface area contributed by atoms with Crippen molar-refractivity contribution >= 4 is 34.0 Å². The fraction of sp³-hybridized carbons (Fsp3) is 0.429. The standard InChI is InChI=1S/C35H41FN8O3/c1-40(2)25-8-9-26(31(19-25)47-3)28-20-27(23-5-4-12-43(22-23)32(45)10-13-44-14-11-37-39-44)33(36)34-29(28)21-30(38-34)35(46)42-17-15-41(16-18-42)24-6-7-24/h5,8-9,11,14,19-21,24,38H,4,6-7,10,12-13,15-18,22H2,1-3H3. The number of rotatable bonds is 9. The number of methoxy groups -OCH3 is 1. The molecule has 0 atom stereocenters. The van der Waals surface area contributed by atoms with Crippen molar-refractivity contribution in [3.8, 4) is 16.9 Å². The Morgan fingerprint density at radius 3 is 2.53 bits per heavy atom. The summed E-state index contributed by atoms with van der Waals surface area (Å²) in [5, 5.41) is 8.37. The molecule has 0 unspecified atom stereocenters. The molecule has 47 heavy (non-hydrogen) atoms. The molecule has 11 nitrogen and oxygen atoms in total. The number of nitrogens with zero attached hydrogens (tertiary/aromatic N) is 7. The quantitative estimate of drug-likeness (QED) is 0.292. The normalized spacial score (nSPS) is 17.2. The molecular formula is C35H41FN8O3. The molecule has 1 saturated heterocycles. The second kappa shape index (κ2) is 12.8. The fourth-order valence-electron chi connectivity index (χ4n) is 6.78. The van der Waals surface area contributed by atoms with Gasteiger partial charge in [0, 0.05) is 100 Å². The van der Waals surface area contributed by atoms with Crippen LogP contribution in [0.2, 0.25) is 0 Å². The van der Waals surface area contributed by atoms with Gasteiger partial charge in [-0.1, -0.05) is 11.3 Å². The molecule has 2 aromatic carbocycles. The number of aryl methyl sites for hydroxylation is 1. The molecule has 1 saturated carbocycles. The lowest BCUT2D eigenvalue weighted by molar-refractivity contribution is -0.131. The summed E-state index contributed by atoms with van der Waals surface area (Å²) in [6.45, 7) is 4.29. The average molecular weight is 641 g/mol. The maximum atomic E-state index is 16.7. The highest BCUT2D eigenvalue weighted by atomic mass is 19.1. The Balaban J connectivity index is 1.25. The molecule has 3 aliphatic rings. The van der Waals surface area contributed by atoms with Gasteiger partial charge in [-0.15, -0.1) is 5.10 Å². The van der Waals surface area contributed by atoms with Gasteiger partial charge in [0.15, 0.2) is 5.82 Å². The van der Waals surface area contributed by atoms with Gasteiger partial charge in [-0.2, -0.15) is 0 Å². The zero-order valence-corrected chi connectivity index (χ0v) is 27.2. The lowest BCUT2D eigenvalue weighted by Gasteiger charge is -2.34. The van der Waals surface area contributed by atoms with Crippen LogP contribution in [-0.2, 0) is 11.3 Å². The number of aromatic amines is 1. The van der Waals surface area contributed by atoms with E-state index in [0.29, 0.717) is 61.0 Å². The molecule has 7 rings (SSSR count). The Morgan fingerprint density at radius 2 is 1.83 bits per heavy atom. The second-order valence-corrected chi connectivity index (χ2v) is 12.8. The lowest BCUT2D eigenvalue weighted by atomic mass is 9.92. The molecule has 1 N–H and O–H groups in total. The van der Waals surface area contributed by atoms with Crippen LogP contribution >= 0.6 is 0 Å². The number of benzene rings is 2. The molecule has 0 spiro atoms. The summed E-state index contributed by atoms with van der Waals surface area (Å²) < 4.78 is 24.2. The van der Waals surface area contributed by atoms with Crippen molar-refractivity contribution in [2.24, 2.45) is 0 Å². The van der Waals surface area contributed by atoms with E-state index in [1.54, 1.807) is 35.2 Å². The van der Waals surface area contributed by atoms with E-state index >= 15 is 4.39 Å². The van der Waals surface area contributed by atoms with Gasteiger partial charge >= 0.3 is 0 Å². The van der Waals surface area contributed by atoms with E-state index in [1.807, 2.05) is 54.2 Å². The minimum Gasteiger partial charge on any atom is -0.496 e. The summed E-state index contributed by atoms with van der Waals surface area (Å²) in [5.41, 5.74) is 4.28. The first kappa shape index (κ1) is 30.9. The molecule has 0 bridgehead atoms. The maximum absolute atomic E-state index is 16.7. The summed E-state index contributed by atoms with van der Waals surface area (Å²) in [7, 11) is 5.55. The zero-order valence-electron chi connectivity index (χ0n) is 27.2. The predicted molar refractivity (Wildman–Crippen MR) is 179 cm³/mol. The number of anilines is 1. The highest BCUT2D eigenvalue weighted by molar-refractivity contribution is 6.05. The second-order valence-electron chi connectivity index (χ2n) is 12.8. The van der Waals surface area contributed by atoms with Gasteiger partial charge in [0.1, 0.15) is 11.4 Å². The first-order valence-electron chi connectivity index (χ1n) is 16.4. The molecule has 4 aromatic rings. The van der Waals surface area contributed by atoms with Crippen LogP contribution < -0.4 is 9.64 Å². The molecular weight excluding hydrogens is 599 g/mol. The average Bonchev–Trinajstić information content (AvgIpc) is 3.62. The molecule has 2 fully saturated rings. The Kier molecular flexibility index (Phi) is 8.44. The summed E-state index contributed by atoms with van der Waals surface area (Å²) in [6, 6.07) is 10.2. The number of aromatic nitrogens is 4. The van der Waals surface area contributed by atoms with Crippen LogP contribution in [0.15, 0.2) is 48.8 Å². The third-order valence-corrected chi connectivity index (χ3v) is 9.62. The third kappa shape index (κ3) is 6.21. The van der Waals surface area contributed by atoms with Crippen LogP contribution in [0.25, 0.3) is 27.6 Å². The van der Waals surface area contributed by atoms with Crippen LogP contribution in [0.1, 0.15) is 41.7 Å². The highest BCUT2D eigenvalue weighted by Crippen LogP contribution is 2.41. The van der Waals surface area contributed by atoms with Crippen LogP contribution in [0.4, 0.5) is 10.1 Å². The van der Waals surface area contributed by atoms with Gasteiger partial charge in [-0.05, 0) is 54.7 Å². The van der Waals surface area contributed by atoms with Crippen molar-refractivity contribution in [1.29, 1.82) is 0 Å². The number of carbonyl (C=O) groups excluding carboxylic acids is 2. The van der Waals surface area contributed by atoms with Crippen LogP contribution in [0.5, 0.6) is 5.75 Å². The Morgan fingerprint density at radius 1 is 1.02 bits per heavy atom. The number of carbonyl (C=O) groups is 2. The smallest absolute Gasteiger partial charge is 0.270 e. The molecule has 2 aromatic heterocycles. The topological polar surface area (TPSA) is 103 Å². The van der Waals surface area contributed by atoms with Crippen molar-refractivity contribution in [3.05, 3.63) is 65.9 Å². The van der Waals surface area contributed by atoms with E-state index < -0.39 is 5.82 Å².